The van der Waals surface area contributed by atoms with Gasteiger partial charge in [-0.05, 0) is 20.9 Å². The molecule has 0 radical (unpaired) electrons. The van der Waals surface area contributed by atoms with E-state index in [1.165, 1.54) is 0 Å². The van der Waals surface area contributed by atoms with Crippen LogP contribution in [0.15, 0.2) is 0 Å². The predicted octanol–water partition coefficient (Wildman–Crippen LogP) is -0.209. The van der Waals surface area contributed by atoms with Crippen molar-refractivity contribution in [1.82, 2.24) is 5.32 Å². The van der Waals surface area contributed by atoms with Crippen LogP contribution in [0.3, 0.4) is 0 Å². The summed E-state index contributed by atoms with van der Waals surface area (Å²) in [6, 6.07) is 0. The van der Waals surface area contributed by atoms with Crippen LogP contribution in [0.25, 0.3) is 0 Å². The summed E-state index contributed by atoms with van der Waals surface area (Å²) in [4.78, 5) is 14.6. The van der Waals surface area contributed by atoms with Crippen molar-refractivity contribution in [3.05, 3.63) is 0 Å². The van der Waals surface area contributed by atoms with Crippen LogP contribution >= 0.6 is 0 Å². The highest BCUT2D eigenvalue weighted by Crippen LogP contribution is 2.06. The number of rotatable bonds is 3. The smallest absolute Gasteiger partial charge is 0.326 e. The highest BCUT2D eigenvalue weighted by Gasteiger charge is 2.19. The highest BCUT2D eigenvalue weighted by molar-refractivity contribution is 5.70. The van der Waals surface area contributed by atoms with E-state index >= 15 is 0 Å². The van der Waals surface area contributed by atoms with Crippen LogP contribution < -0.4 is 11.2 Å². The topological polar surface area (TPSA) is 64.3 Å². The van der Waals surface area contributed by atoms with Crippen molar-refractivity contribution in [1.29, 1.82) is 0 Å². The van der Waals surface area contributed by atoms with Crippen molar-refractivity contribution >= 4 is 5.97 Å². The van der Waals surface area contributed by atoms with Gasteiger partial charge in [-0.25, -0.2) is 0 Å². The van der Waals surface area contributed by atoms with Crippen LogP contribution in [0.1, 0.15) is 20.3 Å². The van der Waals surface area contributed by atoms with Crippen molar-refractivity contribution in [2.75, 3.05) is 7.05 Å². The Bertz CT molecular complexity index is 123. The fourth-order valence-corrected chi connectivity index (χ4v) is 0.491. The molecule has 0 amide bonds. The van der Waals surface area contributed by atoms with Crippen LogP contribution in [0.4, 0.5) is 0 Å². The van der Waals surface area contributed by atoms with Crippen LogP contribution in [0, 0.1) is 0 Å². The van der Waals surface area contributed by atoms with E-state index in [-0.39, 0.29) is 12.0 Å². The Morgan fingerprint density at radius 1 is 1.70 bits per heavy atom. The predicted molar refractivity (Wildman–Crippen MR) is 38.0 cm³/mol. The molecule has 0 aromatic carbocycles. The molecule has 0 aromatic heterocycles. The Labute approximate surface area is 60.7 Å². The molecule has 0 heterocycles. The molecule has 3 N–H and O–H groups in total. The molecule has 0 fully saturated rings. The molecule has 0 rings (SSSR count). The summed E-state index contributed by atoms with van der Waals surface area (Å²) in [5.74, 6) is 4.25. The number of nitrogens with two attached hydrogens (primary N) is 1. The molecular weight excluding hydrogens is 132 g/mol. The van der Waals surface area contributed by atoms with Gasteiger partial charge in [0.05, 0.1) is 6.42 Å². The third-order valence-corrected chi connectivity index (χ3v) is 1.39. The van der Waals surface area contributed by atoms with Gasteiger partial charge in [-0.15, -0.1) is 0 Å². The minimum absolute atomic E-state index is 0.240. The molecule has 60 valence electrons. The van der Waals surface area contributed by atoms with Gasteiger partial charge in [-0.1, -0.05) is 0 Å². The maximum absolute atomic E-state index is 10.6. The van der Waals surface area contributed by atoms with E-state index in [9.17, 15) is 4.79 Å². The van der Waals surface area contributed by atoms with Gasteiger partial charge in [0, 0.05) is 5.54 Å². The van der Waals surface area contributed by atoms with Gasteiger partial charge in [0.1, 0.15) is 0 Å². The van der Waals surface area contributed by atoms with Gasteiger partial charge >= 0.3 is 5.97 Å². The number of hydrogen-bond acceptors (Lipinski definition) is 4. The van der Waals surface area contributed by atoms with Gasteiger partial charge in [-0.2, -0.15) is 5.90 Å². The monoisotopic (exact) mass is 146 g/mol. The highest BCUT2D eigenvalue weighted by atomic mass is 16.7. The first-order valence-corrected chi connectivity index (χ1v) is 3.10. The maximum Gasteiger partial charge on any atom is 0.326 e. The second kappa shape index (κ2) is 3.53. The lowest BCUT2D eigenvalue weighted by Gasteiger charge is -2.21. The standard InChI is InChI=1S/C6H14N2O2/c1-6(2,8-3)4-5(9)10-7/h8H,4,7H2,1-3H3. The largest absolute Gasteiger partial charge is 0.373 e. The molecule has 0 saturated carbocycles. The molecule has 0 atom stereocenters. The second-order valence-corrected chi connectivity index (χ2v) is 2.80. The quantitative estimate of drug-likeness (QED) is 0.541. The molecule has 4 nitrogen and oxygen atoms in total. The summed E-state index contributed by atoms with van der Waals surface area (Å²) >= 11 is 0. The molecule has 0 aliphatic heterocycles. The third-order valence-electron chi connectivity index (χ3n) is 1.39. The van der Waals surface area contributed by atoms with Crippen molar-refractivity contribution in [3.63, 3.8) is 0 Å². The van der Waals surface area contributed by atoms with Gasteiger partial charge in [-0.3, -0.25) is 4.79 Å². The fourth-order valence-electron chi connectivity index (χ4n) is 0.491. The van der Waals surface area contributed by atoms with E-state index in [1.54, 1.807) is 7.05 Å². The summed E-state index contributed by atoms with van der Waals surface area (Å²) in [5.41, 5.74) is -0.240. The van der Waals surface area contributed by atoms with E-state index in [2.05, 4.69) is 16.1 Å². The zero-order valence-electron chi connectivity index (χ0n) is 6.60. The Hall–Kier alpha value is -0.610. The van der Waals surface area contributed by atoms with Crippen LogP contribution in [-0.2, 0) is 9.63 Å². The zero-order valence-corrected chi connectivity index (χ0v) is 6.60. The van der Waals surface area contributed by atoms with Crippen LogP contribution in [0.5, 0.6) is 0 Å². The van der Waals surface area contributed by atoms with Crippen molar-refractivity contribution in [3.8, 4) is 0 Å². The Kier molecular flexibility index (Phi) is 3.32. The molecule has 0 aliphatic rings. The average molecular weight is 146 g/mol. The normalized spacial score (nSPS) is 11.2. The first-order valence-electron chi connectivity index (χ1n) is 3.10. The second-order valence-electron chi connectivity index (χ2n) is 2.80. The molecule has 0 spiro atoms. The third kappa shape index (κ3) is 3.42. The summed E-state index contributed by atoms with van der Waals surface area (Å²) in [6.07, 6.45) is 0.278. The molecule has 0 aliphatic carbocycles. The molecule has 0 aromatic rings. The summed E-state index contributed by atoms with van der Waals surface area (Å²) in [6.45, 7) is 3.79. The average Bonchev–Trinajstić information content (AvgIpc) is 1.87. The minimum Gasteiger partial charge on any atom is -0.373 e. The van der Waals surface area contributed by atoms with Gasteiger partial charge in [0.15, 0.2) is 0 Å². The minimum atomic E-state index is -0.403. The molecule has 10 heavy (non-hydrogen) atoms. The molecular formula is C6H14N2O2. The van der Waals surface area contributed by atoms with Crippen LogP contribution in [-0.4, -0.2) is 18.6 Å². The van der Waals surface area contributed by atoms with Gasteiger partial charge < -0.3 is 10.2 Å². The Morgan fingerprint density at radius 2 is 2.20 bits per heavy atom. The van der Waals surface area contributed by atoms with Gasteiger partial charge in [0.25, 0.3) is 0 Å². The van der Waals surface area contributed by atoms with Crippen molar-refractivity contribution < 1.29 is 9.63 Å². The number of carbonyl (C=O) groups is 1. The van der Waals surface area contributed by atoms with Crippen LogP contribution in [0.2, 0.25) is 0 Å². The van der Waals surface area contributed by atoms with E-state index in [0.717, 1.165) is 0 Å². The summed E-state index contributed by atoms with van der Waals surface area (Å²) in [5, 5.41) is 2.95. The van der Waals surface area contributed by atoms with Crippen molar-refractivity contribution in [2.45, 2.75) is 25.8 Å². The van der Waals surface area contributed by atoms with E-state index in [1.807, 2.05) is 13.8 Å². The summed E-state index contributed by atoms with van der Waals surface area (Å²) < 4.78 is 0. The molecule has 0 saturated heterocycles. The molecule has 4 heteroatoms. The van der Waals surface area contributed by atoms with E-state index < -0.39 is 5.97 Å². The maximum atomic E-state index is 10.6. The fraction of sp³-hybridized carbons (Fsp3) is 0.833. The first kappa shape index (κ1) is 9.39. The first-order chi connectivity index (χ1) is 4.52. The lowest BCUT2D eigenvalue weighted by Crippen LogP contribution is -2.39. The molecule has 0 bridgehead atoms. The number of hydrogen-bond donors (Lipinski definition) is 2. The van der Waals surface area contributed by atoms with Crippen molar-refractivity contribution in [2.24, 2.45) is 5.90 Å². The molecule has 0 unspecified atom stereocenters. The number of carbonyl (C=O) groups excluding carboxylic acids is 1. The number of nitrogens with one attached hydrogen (secondary N) is 1. The van der Waals surface area contributed by atoms with Gasteiger partial charge in [0.2, 0.25) is 0 Å². The SMILES string of the molecule is CNC(C)(C)CC(=O)ON. The lowest BCUT2D eigenvalue weighted by atomic mass is 10.0. The van der Waals surface area contributed by atoms with E-state index in [4.69, 9.17) is 0 Å². The van der Waals surface area contributed by atoms with E-state index in [0.29, 0.717) is 0 Å². The lowest BCUT2D eigenvalue weighted by molar-refractivity contribution is -0.145. The summed E-state index contributed by atoms with van der Waals surface area (Å²) in [7, 11) is 1.78. The zero-order chi connectivity index (χ0) is 8.20. The Balaban J connectivity index is 3.76. The Morgan fingerprint density at radius 3 is 2.50 bits per heavy atom.